The molecule has 0 aromatic heterocycles. The van der Waals surface area contributed by atoms with Crippen LogP contribution in [0, 0.1) is 28.7 Å². The summed E-state index contributed by atoms with van der Waals surface area (Å²) in [6.07, 6.45) is -0.710. The van der Waals surface area contributed by atoms with Gasteiger partial charge in [-0.3, -0.25) is 19.2 Å². The molecule has 2 aromatic rings. The molecule has 208 valence electrons. The molecule has 9 nitrogen and oxygen atoms in total. The lowest BCUT2D eigenvalue weighted by atomic mass is 9.67. The van der Waals surface area contributed by atoms with Crippen LogP contribution in [0.3, 0.4) is 0 Å². The van der Waals surface area contributed by atoms with Crippen molar-refractivity contribution in [2.45, 2.75) is 44.4 Å². The van der Waals surface area contributed by atoms with E-state index in [0.717, 1.165) is 5.56 Å². The van der Waals surface area contributed by atoms with E-state index in [4.69, 9.17) is 14.2 Å². The predicted octanol–water partition coefficient (Wildman–Crippen LogP) is 2.45. The van der Waals surface area contributed by atoms with Gasteiger partial charge < -0.3 is 24.8 Å². The van der Waals surface area contributed by atoms with Crippen LogP contribution in [0.5, 0.6) is 5.75 Å². The summed E-state index contributed by atoms with van der Waals surface area (Å²) in [4.78, 5) is 49.9. The molecule has 1 heterocycles. The molecule has 2 N–H and O–H groups in total. The number of hydrogen-bond donors (Lipinski definition) is 2. The zero-order valence-corrected chi connectivity index (χ0v) is 20.4. The fourth-order valence-corrected chi connectivity index (χ4v) is 4.25. The van der Waals surface area contributed by atoms with E-state index in [1.807, 2.05) is 6.07 Å². The Morgan fingerprint density at radius 1 is 1.00 bits per heavy atom. The minimum absolute atomic E-state index is 0.0103. The number of carbonyl (C=O) groups excluding carboxylic acids is 4. The number of halogens is 4. The molecule has 1 saturated heterocycles. The number of carbonyl (C=O) groups is 4. The second kappa shape index (κ2) is 11.7. The van der Waals surface area contributed by atoms with E-state index < -0.39 is 83.5 Å². The summed E-state index contributed by atoms with van der Waals surface area (Å²) in [6, 6.07) is 7.85. The Morgan fingerprint density at radius 3 is 2.28 bits per heavy atom. The zero-order chi connectivity index (χ0) is 28.2. The van der Waals surface area contributed by atoms with Crippen molar-refractivity contribution in [2.75, 3.05) is 13.2 Å². The molecule has 2 aromatic carbocycles. The summed E-state index contributed by atoms with van der Waals surface area (Å²) in [5, 5.41) is 4.93. The van der Waals surface area contributed by atoms with E-state index in [0.29, 0.717) is 6.42 Å². The van der Waals surface area contributed by atoms with E-state index in [1.54, 1.807) is 24.3 Å². The fourth-order valence-electron chi connectivity index (χ4n) is 4.25. The highest BCUT2D eigenvalue weighted by Crippen LogP contribution is 2.42. The van der Waals surface area contributed by atoms with Crippen molar-refractivity contribution in [1.29, 1.82) is 0 Å². The second-order valence-electron chi connectivity index (χ2n) is 9.19. The lowest BCUT2D eigenvalue weighted by Crippen LogP contribution is -2.58. The average Bonchev–Trinajstić information content (AvgIpc) is 3.23. The molecular formula is C26H24F4N2O7. The monoisotopic (exact) mass is 552 g/mol. The normalized spacial score (nSPS) is 19.4. The van der Waals surface area contributed by atoms with Crippen LogP contribution in [0.15, 0.2) is 36.4 Å². The number of esters is 2. The highest BCUT2D eigenvalue weighted by Gasteiger charge is 2.52. The third kappa shape index (κ3) is 6.13. The van der Waals surface area contributed by atoms with Gasteiger partial charge in [-0.2, -0.15) is 8.78 Å². The Balaban J connectivity index is 1.33. The van der Waals surface area contributed by atoms with Crippen molar-refractivity contribution >= 4 is 23.8 Å². The summed E-state index contributed by atoms with van der Waals surface area (Å²) in [5.74, 6) is -11.2. The Bertz CT molecular complexity index is 1240. The van der Waals surface area contributed by atoms with Crippen molar-refractivity contribution in [1.82, 2.24) is 10.6 Å². The largest absolute Gasteiger partial charge is 0.483 e. The van der Waals surface area contributed by atoms with Crippen LogP contribution in [-0.4, -0.2) is 49.1 Å². The number of cyclic esters (lactones) is 1. The molecule has 4 rings (SSSR count). The molecule has 2 unspecified atom stereocenters. The van der Waals surface area contributed by atoms with Gasteiger partial charge in [0.15, 0.2) is 23.5 Å². The van der Waals surface area contributed by atoms with Gasteiger partial charge in [0.25, 0.3) is 0 Å². The third-order valence-corrected chi connectivity index (χ3v) is 6.61. The molecule has 2 fully saturated rings. The molecule has 0 bridgehead atoms. The zero-order valence-electron chi connectivity index (χ0n) is 20.4. The van der Waals surface area contributed by atoms with Gasteiger partial charge in [-0.15, -0.1) is 0 Å². The van der Waals surface area contributed by atoms with Crippen LogP contribution in [0.4, 0.5) is 17.6 Å². The van der Waals surface area contributed by atoms with Crippen LogP contribution >= 0.6 is 0 Å². The fraction of sp³-hybridized carbons (Fsp3) is 0.385. The molecule has 1 aliphatic carbocycles. The molecule has 1 saturated carbocycles. The highest BCUT2D eigenvalue weighted by atomic mass is 19.2. The van der Waals surface area contributed by atoms with E-state index in [1.165, 1.54) is 0 Å². The SMILES string of the molecule is O=C(CNC(=O)C1(C(=O)NC2CC(=O)OC2COc2c(F)c(F)cc(F)c2F)CCC1)OCc1ccccc1. The van der Waals surface area contributed by atoms with E-state index in [9.17, 15) is 36.7 Å². The topological polar surface area (TPSA) is 120 Å². The van der Waals surface area contributed by atoms with Crippen molar-refractivity contribution < 1.29 is 51.0 Å². The molecule has 0 spiro atoms. The Kier molecular flexibility index (Phi) is 8.36. The van der Waals surface area contributed by atoms with Crippen LogP contribution in [0.25, 0.3) is 0 Å². The lowest BCUT2D eigenvalue weighted by Gasteiger charge is -2.39. The second-order valence-corrected chi connectivity index (χ2v) is 9.19. The number of nitrogens with one attached hydrogen (secondary N) is 2. The van der Waals surface area contributed by atoms with E-state index >= 15 is 0 Å². The molecule has 2 aliphatic rings. The lowest BCUT2D eigenvalue weighted by molar-refractivity contribution is -0.153. The number of hydrogen-bond acceptors (Lipinski definition) is 7. The van der Waals surface area contributed by atoms with Crippen LogP contribution < -0.4 is 15.4 Å². The van der Waals surface area contributed by atoms with Crippen LogP contribution in [0.2, 0.25) is 0 Å². The van der Waals surface area contributed by atoms with Gasteiger partial charge in [0.2, 0.25) is 23.4 Å². The minimum atomic E-state index is -1.77. The van der Waals surface area contributed by atoms with Gasteiger partial charge in [0.05, 0.1) is 12.5 Å². The van der Waals surface area contributed by atoms with Crippen molar-refractivity contribution in [2.24, 2.45) is 5.41 Å². The summed E-state index contributed by atoms with van der Waals surface area (Å²) in [5.41, 5.74) is -0.757. The highest BCUT2D eigenvalue weighted by molar-refractivity contribution is 6.06. The minimum Gasteiger partial charge on any atom is -0.483 e. The molecule has 13 heteroatoms. The van der Waals surface area contributed by atoms with Gasteiger partial charge in [0, 0.05) is 6.07 Å². The maximum Gasteiger partial charge on any atom is 0.325 e. The van der Waals surface area contributed by atoms with E-state index in [2.05, 4.69) is 10.6 Å². The Morgan fingerprint density at radius 2 is 1.67 bits per heavy atom. The van der Waals surface area contributed by atoms with Crippen LogP contribution in [-0.2, 0) is 35.3 Å². The molecule has 0 radical (unpaired) electrons. The Hall–Kier alpha value is -4.16. The Labute approximate surface area is 219 Å². The van der Waals surface area contributed by atoms with E-state index in [-0.39, 0.29) is 31.9 Å². The molecule has 1 aliphatic heterocycles. The molecule has 2 amide bonds. The summed E-state index contributed by atoms with van der Waals surface area (Å²) >= 11 is 0. The first-order valence-electron chi connectivity index (χ1n) is 12.0. The first-order chi connectivity index (χ1) is 18.6. The number of ether oxygens (including phenoxy) is 3. The number of amides is 2. The first-order valence-corrected chi connectivity index (χ1v) is 12.0. The summed E-state index contributed by atoms with van der Waals surface area (Å²) < 4.78 is 69.7. The van der Waals surface area contributed by atoms with Gasteiger partial charge in [-0.05, 0) is 18.4 Å². The maximum absolute atomic E-state index is 13.9. The standard InChI is InChI=1S/C26H24F4N2O7/c27-15-9-16(28)22(30)23(21(15)29)38-13-18-17(10-19(33)39-18)32-25(36)26(7-4-8-26)24(35)31-11-20(34)37-12-14-5-2-1-3-6-14/h1-3,5-6,9,17-18H,4,7-8,10-13H2,(H,31,35)(H,32,36). The van der Waals surface area contributed by atoms with Crippen molar-refractivity contribution in [3.05, 3.63) is 65.2 Å². The number of rotatable bonds is 10. The van der Waals surface area contributed by atoms with Crippen molar-refractivity contribution in [3.63, 3.8) is 0 Å². The third-order valence-electron chi connectivity index (χ3n) is 6.61. The van der Waals surface area contributed by atoms with Gasteiger partial charge in [0.1, 0.15) is 25.2 Å². The number of benzene rings is 2. The summed E-state index contributed by atoms with van der Waals surface area (Å²) in [6.45, 7) is -1.19. The molecular weight excluding hydrogens is 528 g/mol. The molecule has 39 heavy (non-hydrogen) atoms. The first kappa shape index (κ1) is 27.9. The van der Waals surface area contributed by atoms with Crippen LogP contribution in [0.1, 0.15) is 31.2 Å². The van der Waals surface area contributed by atoms with Gasteiger partial charge in [-0.1, -0.05) is 36.8 Å². The quantitative estimate of drug-likeness (QED) is 0.201. The maximum atomic E-state index is 13.9. The smallest absolute Gasteiger partial charge is 0.325 e. The van der Waals surface area contributed by atoms with Crippen molar-refractivity contribution in [3.8, 4) is 5.75 Å². The predicted molar refractivity (Wildman–Crippen MR) is 124 cm³/mol. The van der Waals surface area contributed by atoms with Gasteiger partial charge in [-0.25, -0.2) is 8.78 Å². The van der Waals surface area contributed by atoms with Gasteiger partial charge >= 0.3 is 11.9 Å². The molecule has 2 atom stereocenters. The summed E-state index contributed by atoms with van der Waals surface area (Å²) in [7, 11) is 0. The average molecular weight is 552 g/mol.